The zero-order chi connectivity index (χ0) is 17.3. The second kappa shape index (κ2) is 6.03. The summed E-state index contributed by atoms with van der Waals surface area (Å²) in [4.78, 5) is 22.0. The SMILES string of the molecule is Cc1c(NC(=O)c2cc(F)c(F)c(F)c2F)cccc1[N+](=O)[O-]. The number of nitrogens with zero attached hydrogens (tertiary/aromatic N) is 1. The highest BCUT2D eigenvalue weighted by Gasteiger charge is 2.24. The molecule has 0 aliphatic rings. The zero-order valence-electron chi connectivity index (χ0n) is 11.5. The number of hydrogen-bond acceptors (Lipinski definition) is 3. The zero-order valence-corrected chi connectivity index (χ0v) is 11.5. The van der Waals surface area contributed by atoms with Crippen LogP contribution in [0.2, 0.25) is 0 Å². The van der Waals surface area contributed by atoms with Crippen molar-refractivity contribution in [3.05, 3.63) is 68.8 Å². The van der Waals surface area contributed by atoms with Crippen LogP contribution in [-0.4, -0.2) is 10.8 Å². The number of anilines is 1. The average molecular weight is 328 g/mol. The van der Waals surface area contributed by atoms with E-state index in [0.29, 0.717) is 0 Å². The summed E-state index contributed by atoms with van der Waals surface area (Å²) in [5, 5.41) is 12.9. The van der Waals surface area contributed by atoms with Crippen LogP contribution >= 0.6 is 0 Å². The fraction of sp³-hybridized carbons (Fsp3) is 0.0714. The third-order valence-electron chi connectivity index (χ3n) is 3.10. The second-order valence-corrected chi connectivity index (χ2v) is 4.51. The summed E-state index contributed by atoms with van der Waals surface area (Å²) in [6, 6.07) is 3.94. The van der Waals surface area contributed by atoms with Crippen molar-refractivity contribution in [2.45, 2.75) is 6.92 Å². The first kappa shape index (κ1) is 16.4. The molecule has 0 saturated heterocycles. The Morgan fingerprint density at radius 2 is 1.78 bits per heavy atom. The third kappa shape index (κ3) is 2.98. The number of benzene rings is 2. The minimum atomic E-state index is -2.12. The van der Waals surface area contributed by atoms with Crippen LogP contribution in [0.5, 0.6) is 0 Å². The Labute approximate surface area is 126 Å². The Bertz CT molecular complexity index is 824. The van der Waals surface area contributed by atoms with Crippen LogP contribution in [0.4, 0.5) is 28.9 Å². The molecular weight excluding hydrogens is 320 g/mol. The molecule has 9 heteroatoms. The summed E-state index contributed by atoms with van der Waals surface area (Å²) in [6.07, 6.45) is 0. The minimum absolute atomic E-state index is 0.0475. The van der Waals surface area contributed by atoms with E-state index >= 15 is 0 Å². The van der Waals surface area contributed by atoms with Crippen LogP contribution in [-0.2, 0) is 0 Å². The highest BCUT2D eigenvalue weighted by atomic mass is 19.2. The van der Waals surface area contributed by atoms with Crippen molar-refractivity contribution in [1.29, 1.82) is 0 Å². The molecular formula is C14H8F4N2O3. The molecule has 2 aromatic rings. The van der Waals surface area contributed by atoms with Gasteiger partial charge in [0, 0.05) is 6.07 Å². The van der Waals surface area contributed by atoms with Crippen LogP contribution in [0.25, 0.3) is 0 Å². The van der Waals surface area contributed by atoms with E-state index in [0.717, 1.165) is 0 Å². The van der Waals surface area contributed by atoms with Crippen LogP contribution in [0, 0.1) is 40.3 Å². The van der Waals surface area contributed by atoms with Crippen molar-refractivity contribution in [3.63, 3.8) is 0 Å². The predicted molar refractivity (Wildman–Crippen MR) is 72.1 cm³/mol. The number of halogens is 4. The number of hydrogen-bond donors (Lipinski definition) is 1. The van der Waals surface area contributed by atoms with Gasteiger partial charge in [-0.1, -0.05) is 6.07 Å². The first-order valence-corrected chi connectivity index (χ1v) is 6.12. The number of carbonyl (C=O) groups is 1. The van der Waals surface area contributed by atoms with Gasteiger partial charge in [-0.05, 0) is 19.1 Å². The lowest BCUT2D eigenvalue weighted by atomic mass is 10.1. The lowest BCUT2D eigenvalue weighted by molar-refractivity contribution is -0.385. The van der Waals surface area contributed by atoms with Crippen molar-refractivity contribution in [1.82, 2.24) is 0 Å². The minimum Gasteiger partial charge on any atom is -0.321 e. The summed E-state index contributed by atoms with van der Waals surface area (Å²) < 4.78 is 52.7. The van der Waals surface area contributed by atoms with E-state index in [2.05, 4.69) is 5.32 Å². The first-order valence-electron chi connectivity index (χ1n) is 6.12. The molecule has 2 aromatic carbocycles. The Kier molecular flexibility index (Phi) is 4.30. The molecule has 0 saturated carbocycles. The number of carbonyl (C=O) groups excluding carboxylic acids is 1. The lowest BCUT2D eigenvalue weighted by Crippen LogP contribution is -2.17. The molecule has 0 atom stereocenters. The molecule has 1 amide bonds. The largest absolute Gasteiger partial charge is 0.321 e. The molecule has 1 N–H and O–H groups in total. The van der Waals surface area contributed by atoms with E-state index in [1.807, 2.05) is 0 Å². The molecule has 0 fully saturated rings. The first-order chi connectivity index (χ1) is 10.7. The smallest absolute Gasteiger partial charge is 0.274 e. The van der Waals surface area contributed by atoms with E-state index in [4.69, 9.17) is 0 Å². The Morgan fingerprint density at radius 3 is 2.39 bits per heavy atom. The molecule has 0 aliphatic heterocycles. The normalized spacial score (nSPS) is 10.5. The fourth-order valence-corrected chi connectivity index (χ4v) is 1.88. The van der Waals surface area contributed by atoms with Crippen LogP contribution in [0.1, 0.15) is 15.9 Å². The number of nitrogens with one attached hydrogen (secondary N) is 1. The Morgan fingerprint density at radius 1 is 1.13 bits per heavy atom. The van der Waals surface area contributed by atoms with Crippen molar-refractivity contribution in [3.8, 4) is 0 Å². The number of amides is 1. The molecule has 0 bridgehead atoms. The molecule has 0 heterocycles. The van der Waals surface area contributed by atoms with Crippen LogP contribution in [0.15, 0.2) is 24.3 Å². The van der Waals surface area contributed by atoms with Gasteiger partial charge in [0.2, 0.25) is 0 Å². The fourth-order valence-electron chi connectivity index (χ4n) is 1.88. The van der Waals surface area contributed by atoms with E-state index in [-0.39, 0.29) is 23.0 Å². The van der Waals surface area contributed by atoms with Crippen LogP contribution < -0.4 is 5.32 Å². The van der Waals surface area contributed by atoms with Crippen molar-refractivity contribution in [2.24, 2.45) is 0 Å². The van der Waals surface area contributed by atoms with Crippen molar-refractivity contribution >= 4 is 17.3 Å². The van der Waals surface area contributed by atoms with Crippen molar-refractivity contribution in [2.75, 3.05) is 5.32 Å². The maximum absolute atomic E-state index is 13.6. The lowest BCUT2D eigenvalue weighted by Gasteiger charge is -2.10. The third-order valence-corrected chi connectivity index (χ3v) is 3.10. The van der Waals surface area contributed by atoms with E-state index < -0.39 is 39.7 Å². The quantitative estimate of drug-likeness (QED) is 0.307. The monoisotopic (exact) mass is 328 g/mol. The molecule has 0 radical (unpaired) electrons. The summed E-state index contributed by atoms with van der Waals surface area (Å²) in [5.41, 5.74) is -1.35. The summed E-state index contributed by atoms with van der Waals surface area (Å²) >= 11 is 0. The van der Waals surface area contributed by atoms with Gasteiger partial charge in [0.25, 0.3) is 11.6 Å². The average Bonchev–Trinajstić information content (AvgIpc) is 2.50. The predicted octanol–water partition coefficient (Wildman–Crippen LogP) is 3.71. The molecule has 0 aromatic heterocycles. The molecule has 23 heavy (non-hydrogen) atoms. The number of nitro benzene ring substituents is 1. The summed E-state index contributed by atoms with van der Waals surface area (Å²) in [6.45, 7) is 1.33. The highest BCUT2D eigenvalue weighted by molar-refractivity contribution is 6.05. The van der Waals surface area contributed by atoms with Crippen LogP contribution in [0.3, 0.4) is 0 Å². The highest BCUT2D eigenvalue weighted by Crippen LogP contribution is 2.26. The number of nitro groups is 1. The van der Waals surface area contributed by atoms with Crippen molar-refractivity contribution < 1.29 is 27.3 Å². The standard InChI is InChI=1S/C14H8F4N2O3/c1-6-9(3-2-4-10(6)20(22)23)19-14(21)7-5-8(15)12(17)13(18)11(7)16/h2-5H,1H3,(H,19,21). The second-order valence-electron chi connectivity index (χ2n) is 4.51. The van der Waals surface area contributed by atoms with E-state index in [1.165, 1.54) is 25.1 Å². The van der Waals surface area contributed by atoms with E-state index in [1.54, 1.807) is 0 Å². The van der Waals surface area contributed by atoms with E-state index in [9.17, 15) is 32.5 Å². The maximum atomic E-state index is 13.6. The molecule has 120 valence electrons. The van der Waals surface area contributed by atoms with Gasteiger partial charge in [-0.15, -0.1) is 0 Å². The number of rotatable bonds is 3. The Balaban J connectivity index is 2.41. The molecule has 2 rings (SSSR count). The maximum Gasteiger partial charge on any atom is 0.274 e. The van der Waals surface area contributed by atoms with Gasteiger partial charge >= 0.3 is 0 Å². The van der Waals surface area contributed by atoms with Gasteiger partial charge in [0.15, 0.2) is 23.3 Å². The van der Waals surface area contributed by atoms with Gasteiger partial charge in [-0.25, -0.2) is 17.6 Å². The van der Waals surface area contributed by atoms with Gasteiger partial charge in [0.1, 0.15) is 0 Å². The molecule has 0 unspecified atom stereocenters. The Hall–Kier alpha value is -2.97. The summed E-state index contributed by atoms with van der Waals surface area (Å²) in [5.74, 6) is -9.02. The van der Waals surface area contributed by atoms with Gasteiger partial charge < -0.3 is 5.32 Å². The van der Waals surface area contributed by atoms with Gasteiger partial charge in [0.05, 0.1) is 21.7 Å². The topological polar surface area (TPSA) is 72.2 Å². The molecule has 0 aliphatic carbocycles. The molecule has 0 spiro atoms. The summed E-state index contributed by atoms with van der Waals surface area (Å²) in [7, 11) is 0. The van der Waals surface area contributed by atoms with Gasteiger partial charge in [-0.3, -0.25) is 14.9 Å². The van der Waals surface area contributed by atoms with Gasteiger partial charge in [-0.2, -0.15) is 0 Å². The molecule has 5 nitrogen and oxygen atoms in total.